The summed E-state index contributed by atoms with van der Waals surface area (Å²) in [6, 6.07) is 14.9. The normalized spacial score (nSPS) is 14.6. The lowest BCUT2D eigenvalue weighted by Gasteiger charge is -2.30. The minimum atomic E-state index is -0.421. The van der Waals surface area contributed by atoms with Gasteiger partial charge in [0.2, 0.25) is 0 Å². The van der Waals surface area contributed by atoms with E-state index in [9.17, 15) is 9.59 Å². The molecule has 0 N–H and O–H groups in total. The molecule has 4 rings (SSSR count). The van der Waals surface area contributed by atoms with E-state index in [4.69, 9.17) is 13.9 Å². The second-order valence-corrected chi connectivity index (χ2v) is 7.36. The smallest absolute Gasteiger partial charge is 0.310 e. The standard InChI is InChI=1S/C23H24N2O5/c1-28-18-8-6-16(7-9-18)14-22(27)29-15-21(26)25-12-10-17(11-13-25)23-24-19-4-2-3-5-20(19)30-23/h2-9,17H,10-15H2,1H3. The number of aromatic nitrogens is 1. The van der Waals surface area contributed by atoms with Gasteiger partial charge in [-0.3, -0.25) is 9.59 Å². The van der Waals surface area contributed by atoms with Gasteiger partial charge < -0.3 is 18.8 Å². The number of rotatable bonds is 6. The van der Waals surface area contributed by atoms with Crippen molar-refractivity contribution in [2.75, 3.05) is 26.8 Å². The van der Waals surface area contributed by atoms with Crippen LogP contribution in [0.25, 0.3) is 11.1 Å². The van der Waals surface area contributed by atoms with Crippen LogP contribution in [0, 0.1) is 0 Å². The fraction of sp³-hybridized carbons (Fsp3) is 0.348. The van der Waals surface area contributed by atoms with Crippen LogP contribution in [-0.2, 0) is 20.7 Å². The van der Waals surface area contributed by atoms with Crippen molar-refractivity contribution in [1.82, 2.24) is 9.88 Å². The molecule has 156 valence electrons. The maximum Gasteiger partial charge on any atom is 0.310 e. The highest BCUT2D eigenvalue weighted by Crippen LogP contribution is 2.29. The molecular formula is C23H24N2O5. The summed E-state index contributed by atoms with van der Waals surface area (Å²) in [6.07, 6.45) is 1.67. The highest BCUT2D eigenvalue weighted by atomic mass is 16.5. The van der Waals surface area contributed by atoms with Crippen molar-refractivity contribution in [2.45, 2.75) is 25.2 Å². The molecule has 2 aromatic carbocycles. The largest absolute Gasteiger partial charge is 0.497 e. The summed E-state index contributed by atoms with van der Waals surface area (Å²) in [7, 11) is 1.59. The lowest BCUT2D eigenvalue weighted by molar-refractivity contribution is -0.152. The third kappa shape index (κ3) is 4.62. The van der Waals surface area contributed by atoms with Crippen LogP contribution >= 0.6 is 0 Å². The molecule has 1 aliphatic heterocycles. The number of para-hydroxylation sites is 2. The SMILES string of the molecule is COc1ccc(CC(=O)OCC(=O)N2CCC(c3nc4ccccc4o3)CC2)cc1. The van der Waals surface area contributed by atoms with Gasteiger partial charge in [0.15, 0.2) is 18.1 Å². The quantitative estimate of drug-likeness (QED) is 0.582. The van der Waals surface area contributed by atoms with Crippen LogP contribution in [0.4, 0.5) is 0 Å². The number of hydrogen-bond donors (Lipinski definition) is 0. The molecule has 2 heterocycles. The van der Waals surface area contributed by atoms with Crippen molar-refractivity contribution in [3.8, 4) is 5.75 Å². The first-order chi connectivity index (χ1) is 14.6. The number of benzene rings is 2. The van der Waals surface area contributed by atoms with Crippen molar-refractivity contribution in [3.05, 3.63) is 60.0 Å². The highest BCUT2D eigenvalue weighted by Gasteiger charge is 2.27. The Morgan fingerprint density at radius 1 is 1.10 bits per heavy atom. The van der Waals surface area contributed by atoms with E-state index in [1.807, 2.05) is 24.3 Å². The summed E-state index contributed by atoms with van der Waals surface area (Å²) in [5.41, 5.74) is 2.46. The summed E-state index contributed by atoms with van der Waals surface area (Å²) in [4.78, 5) is 30.8. The number of amides is 1. The van der Waals surface area contributed by atoms with Crippen LogP contribution in [0.1, 0.15) is 30.2 Å². The van der Waals surface area contributed by atoms with E-state index in [0.29, 0.717) is 13.1 Å². The predicted octanol–water partition coefficient (Wildman–Crippen LogP) is 3.33. The molecule has 30 heavy (non-hydrogen) atoms. The van der Waals surface area contributed by atoms with E-state index in [0.717, 1.165) is 41.1 Å². The van der Waals surface area contributed by atoms with Crippen LogP contribution in [0.15, 0.2) is 52.9 Å². The Hall–Kier alpha value is -3.35. The maximum absolute atomic E-state index is 12.4. The highest BCUT2D eigenvalue weighted by molar-refractivity contribution is 5.81. The second kappa shape index (κ2) is 8.98. The summed E-state index contributed by atoms with van der Waals surface area (Å²) >= 11 is 0. The molecule has 1 amide bonds. The van der Waals surface area contributed by atoms with Gasteiger partial charge in [-0.15, -0.1) is 0 Å². The van der Waals surface area contributed by atoms with Crippen LogP contribution in [0.3, 0.4) is 0 Å². The average Bonchev–Trinajstić information content (AvgIpc) is 3.22. The van der Waals surface area contributed by atoms with Crippen LogP contribution in [0.5, 0.6) is 5.75 Å². The Morgan fingerprint density at radius 2 is 1.83 bits per heavy atom. The number of methoxy groups -OCH3 is 1. The minimum absolute atomic E-state index is 0.122. The Morgan fingerprint density at radius 3 is 2.53 bits per heavy atom. The zero-order chi connectivity index (χ0) is 20.9. The number of ether oxygens (including phenoxy) is 2. The van der Waals surface area contributed by atoms with Gasteiger partial charge in [-0.1, -0.05) is 24.3 Å². The first kappa shape index (κ1) is 19.9. The molecule has 0 radical (unpaired) electrons. The molecule has 3 aromatic rings. The fourth-order valence-electron chi connectivity index (χ4n) is 3.64. The Bertz CT molecular complexity index is 987. The second-order valence-electron chi connectivity index (χ2n) is 7.36. The number of piperidine rings is 1. The molecular weight excluding hydrogens is 384 g/mol. The number of carbonyl (C=O) groups excluding carboxylic acids is 2. The van der Waals surface area contributed by atoms with Crippen LogP contribution < -0.4 is 4.74 Å². The van der Waals surface area contributed by atoms with Crippen molar-refractivity contribution in [2.24, 2.45) is 0 Å². The summed E-state index contributed by atoms with van der Waals surface area (Å²) in [6.45, 7) is 0.957. The summed E-state index contributed by atoms with van der Waals surface area (Å²) < 4.78 is 16.1. The summed E-state index contributed by atoms with van der Waals surface area (Å²) in [5.74, 6) is 1.06. The predicted molar refractivity (Wildman–Crippen MR) is 110 cm³/mol. The molecule has 1 aliphatic rings. The van der Waals surface area contributed by atoms with E-state index in [1.165, 1.54) is 0 Å². The lowest BCUT2D eigenvalue weighted by Crippen LogP contribution is -2.40. The number of esters is 1. The van der Waals surface area contributed by atoms with Crippen LogP contribution in [-0.4, -0.2) is 48.6 Å². The van der Waals surface area contributed by atoms with Gasteiger partial charge in [-0.05, 0) is 42.7 Å². The topological polar surface area (TPSA) is 81.9 Å². The maximum atomic E-state index is 12.4. The van der Waals surface area contributed by atoms with E-state index < -0.39 is 5.97 Å². The van der Waals surface area contributed by atoms with Gasteiger partial charge in [0.25, 0.3) is 5.91 Å². The molecule has 1 saturated heterocycles. The van der Waals surface area contributed by atoms with Gasteiger partial charge in [0, 0.05) is 19.0 Å². The molecule has 7 nitrogen and oxygen atoms in total. The first-order valence-electron chi connectivity index (χ1n) is 10.0. The zero-order valence-electron chi connectivity index (χ0n) is 16.9. The third-order valence-corrected chi connectivity index (χ3v) is 5.37. The third-order valence-electron chi connectivity index (χ3n) is 5.37. The summed E-state index contributed by atoms with van der Waals surface area (Å²) in [5, 5.41) is 0. The number of hydrogen-bond acceptors (Lipinski definition) is 6. The lowest BCUT2D eigenvalue weighted by atomic mass is 9.97. The molecule has 7 heteroatoms. The van der Waals surface area contributed by atoms with Gasteiger partial charge in [0.1, 0.15) is 11.3 Å². The monoisotopic (exact) mass is 408 g/mol. The Balaban J connectivity index is 1.23. The average molecular weight is 408 g/mol. The first-order valence-corrected chi connectivity index (χ1v) is 10.0. The Kier molecular flexibility index (Phi) is 5.97. The zero-order valence-corrected chi connectivity index (χ0v) is 16.9. The van der Waals surface area contributed by atoms with Gasteiger partial charge in [-0.2, -0.15) is 0 Å². The molecule has 0 unspecified atom stereocenters. The van der Waals surface area contributed by atoms with Crippen molar-refractivity contribution >= 4 is 23.0 Å². The van der Waals surface area contributed by atoms with E-state index >= 15 is 0 Å². The number of oxazole rings is 1. The minimum Gasteiger partial charge on any atom is -0.497 e. The number of fused-ring (bicyclic) bond motifs is 1. The van der Waals surface area contributed by atoms with Crippen molar-refractivity contribution in [1.29, 1.82) is 0 Å². The van der Waals surface area contributed by atoms with E-state index in [1.54, 1.807) is 36.3 Å². The molecule has 1 fully saturated rings. The Labute approximate surface area is 174 Å². The fourth-order valence-corrected chi connectivity index (χ4v) is 3.64. The van der Waals surface area contributed by atoms with Gasteiger partial charge in [-0.25, -0.2) is 4.98 Å². The number of nitrogens with zero attached hydrogens (tertiary/aromatic N) is 2. The van der Waals surface area contributed by atoms with Gasteiger partial charge >= 0.3 is 5.97 Å². The molecule has 1 aromatic heterocycles. The van der Waals surface area contributed by atoms with E-state index in [-0.39, 0.29) is 24.9 Å². The van der Waals surface area contributed by atoms with Gasteiger partial charge in [0.05, 0.1) is 13.5 Å². The van der Waals surface area contributed by atoms with E-state index in [2.05, 4.69) is 4.98 Å². The number of carbonyl (C=O) groups is 2. The number of likely N-dealkylation sites (tertiary alicyclic amines) is 1. The molecule has 0 atom stereocenters. The van der Waals surface area contributed by atoms with Crippen molar-refractivity contribution in [3.63, 3.8) is 0 Å². The van der Waals surface area contributed by atoms with Crippen LogP contribution in [0.2, 0.25) is 0 Å². The molecule has 0 aliphatic carbocycles. The molecule has 0 spiro atoms. The van der Waals surface area contributed by atoms with Crippen molar-refractivity contribution < 1.29 is 23.5 Å². The molecule has 0 saturated carbocycles. The molecule has 0 bridgehead atoms.